The average molecular weight is 306 g/mol. The van der Waals surface area contributed by atoms with E-state index in [1.54, 1.807) is 19.2 Å². The van der Waals surface area contributed by atoms with E-state index in [1.807, 2.05) is 25.1 Å². The summed E-state index contributed by atoms with van der Waals surface area (Å²) in [5.41, 5.74) is 4.49. The van der Waals surface area contributed by atoms with Gasteiger partial charge in [-0.1, -0.05) is 0 Å². The molecule has 1 rings (SSSR count). The van der Waals surface area contributed by atoms with Crippen molar-refractivity contribution in [2.75, 3.05) is 26.9 Å². The van der Waals surface area contributed by atoms with Crippen molar-refractivity contribution in [1.82, 2.24) is 10.7 Å². The summed E-state index contributed by atoms with van der Waals surface area (Å²) in [6, 6.07) is 9.25. The van der Waals surface area contributed by atoms with Crippen LogP contribution in [0.3, 0.4) is 0 Å². The highest BCUT2D eigenvalue weighted by Gasteiger charge is 2.00. The molecule has 21 heavy (non-hydrogen) atoms. The predicted molar refractivity (Wildman–Crippen MR) is 85.4 cm³/mol. The molecule has 0 heterocycles. The van der Waals surface area contributed by atoms with Gasteiger partial charge in [0.25, 0.3) is 0 Å². The van der Waals surface area contributed by atoms with E-state index in [9.17, 15) is 0 Å². The highest BCUT2D eigenvalue weighted by Crippen LogP contribution is 2.12. The number of hydrogen-bond donors (Lipinski definition) is 2. The van der Waals surface area contributed by atoms with Gasteiger partial charge in [-0.25, -0.2) is 0 Å². The highest BCUT2D eigenvalue weighted by atomic mass is 32.1. The minimum atomic E-state index is 0.0371. The van der Waals surface area contributed by atoms with Crippen LogP contribution in [0.2, 0.25) is 0 Å². The largest absolute Gasteiger partial charge is 0.479 e. The van der Waals surface area contributed by atoms with E-state index in [4.69, 9.17) is 27.0 Å². The van der Waals surface area contributed by atoms with Crippen molar-refractivity contribution in [2.24, 2.45) is 5.10 Å². The lowest BCUT2D eigenvalue weighted by Crippen LogP contribution is -2.34. The second kappa shape index (κ2) is 9.69. The molecule has 0 bridgehead atoms. The van der Waals surface area contributed by atoms with Crippen molar-refractivity contribution in [3.8, 4) is 11.8 Å². The summed E-state index contributed by atoms with van der Waals surface area (Å²) in [5.74, 6) is 0.651. The third-order valence-electron chi connectivity index (χ3n) is 2.49. The second-order valence-corrected chi connectivity index (χ2v) is 4.44. The van der Waals surface area contributed by atoms with Crippen LogP contribution in [0.1, 0.15) is 12.5 Å². The zero-order chi connectivity index (χ0) is 15.5. The quantitative estimate of drug-likeness (QED) is 0.343. The van der Waals surface area contributed by atoms with Crippen molar-refractivity contribution < 1.29 is 9.47 Å². The van der Waals surface area contributed by atoms with Crippen LogP contribution in [0.4, 0.5) is 0 Å². The van der Waals surface area contributed by atoms with E-state index >= 15 is 0 Å². The van der Waals surface area contributed by atoms with Crippen LogP contribution in [0.15, 0.2) is 29.4 Å². The molecule has 0 spiro atoms. The molecule has 0 amide bonds. The van der Waals surface area contributed by atoms with Crippen LogP contribution in [-0.2, 0) is 4.74 Å². The molecule has 1 aromatic carbocycles. The fourth-order valence-corrected chi connectivity index (χ4v) is 1.56. The lowest BCUT2D eigenvalue weighted by atomic mass is 10.1. The molecule has 0 aromatic heterocycles. The van der Waals surface area contributed by atoms with E-state index in [1.165, 1.54) is 0 Å². The predicted octanol–water partition coefficient (Wildman–Crippen LogP) is 1.42. The molecule has 0 saturated carbocycles. The monoisotopic (exact) mass is 306 g/mol. The summed E-state index contributed by atoms with van der Waals surface area (Å²) in [6.07, 6.45) is 0. The summed E-state index contributed by atoms with van der Waals surface area (Å²) in [6.45, 7) is 3.11. The van der Waals surface area contributed by atoms with Crippen LogP contribution in [0.5, 0.6) is 5.75 Å². The number of nitrogens with zero attached hydrogens (tertiary/aromatic N) is 2. The molecule has 0 fully saturated rings. The Bertz CT molecular complexity index is 523. The fraction of sp³-hybridized carbons (Fsp3) is 0.357. The molecular weight excluding hydrogens is 288 g/mol. The van der Waals surface area contributed by atoms with Gasteiger partial charge in [-0.05, 0) is 49.0 Å². The van der Waals surface area contributed by atoms with Gasteiger partial charge in [0.15, 0.2) is 11.7 Å². The summed E-state index contributed by atoms with van der Waals surface area (Å²) in [4.78, 5) is 0. The standard InChI is InChI=1S/C14H18N4O2S/c1-11(17-18-14(21)16-8-10-19-2)12-3-5-13(6-4-12)20-9-7-15/h3-6H,8-10H2,1-2H3,(H2,16,18,21)/b17-11-. The lowest BCUT2D eigenvalue weighted by Gasteiger charge is -2.08. The molecule has 112 valence electrons. The van der Waals surface area contributed by atoms with Gasteiger partial charge in [-0.3, -0.25) is 5.43 Å². The Labute approximate surface area is 129 Å². The van der Waals surface area contributed by atoms with Crippen molar-refractivity contribution >= 4 is 23.0 Å². The summed E-state index contributed by atoms with van der Waals surface area (Å²) in [5, 5.41) is 16.0. The highest BCUT2D eigenvalue weighted by molar-refractivity contribution is 7.80. The molecule has 0 saturated heterocycles. The number of thiocarbonyl (C=S) groups is 1. The summed E-state index contributed by atoms with van der Waals surface area (Å²) >= 11 is 5.07. The van der Waals surface area contributed by atoms with Crippen LogP contribution in [-0.4, -0.2) is 37.7 Å². The molecule has 0 aliphatic rings. The van der Waals surface area contributed by atoms with Crippen molar-refractivity contribution in [3.05, 3.63) is 29.8 Å². The Hall–Kier alpha value is -2.17. The van der Waals surface area contributed by atoms with Gasteiger partial charge in [0, 0.05) is 13.7 Å². The van der Waals surface area contributed by atoms with Gasteiger partial charge in [-0.15, -0.1) is 0 Å². The van der Waals surface area contributed by atoms with Gasteiger partial charge in [-0.2, -0.15) is 10.4 Å². The normalized spacial score (nSPS) is 10.6. The first-order valence-corrected chi connectivity index (χ1v) is 6.75. The smallest absolute Gasteiger partial charge is 0.187 e. The molecule has 0 aliphatic carbocycles. The first kappa shape index (κ1) is 16.9. The van der Waals surface area contributed by atoms with Gasteiger partial charge >= 0.3 is 0 Å². The molecule has 0 atom stereocenters. The number of rotatable bonds is 7. The maximum absolute atomic E-state index is 8.44. The van der Waals surface area contributed by atoms with Gasteiger partial charge in [0.05, 0.1) is 12.3 Å². The second-order valence-electron chi connectivity index (χ2n) is 4.03. The maximum Gasteiger partial charge on any atom is 0.187 e. The Morgan fingerprint density at radius 3 is 2.71 bits per heavy atom. The van der Waals surface area contributed by atoms with Crippen LogP contribution in [0, 0.1) is 11.3 Å². The molecule has 0 radical (unpaired) electrons. The zero-order valence-corrected chi connectivity index (χ0v) is 12.9. The topological polar surface area (TPSA) is 78.7 Å². The summed E-state index contributed by atoms with van der Waals surface area (Å²) in [7, 11) is 1.63. The Balaban J connectivity index is 2.50. The van der Waals surface area contributed by atoms with E-state index in [0.717, 1.165) is 11.3 Å². The number of ether oxygens (including phenoxy) is 2. The first-order valence-electron chi connectivity index (χ1n) is 6.34. The van der Waals surface area contributed by atoms with E-state index in [-0.39, 0.29) is 6.61 Å². The average Bonchev–Trinajstić information content (AvgIpc) is 2.51. The minimum Gasteiger partial charge on any atom is -0.479 e. The summed E-state index contributed by atoms with van der Waals surface area (Å²) < 4.78 is 10.1. The molecule has 2 N–H and O–H groups in total. The fourth-order valence-electron chi connectivity index (χ4n) is 1.41. The lowest BCUT2D eigenvalue weighted by molar-refractivity contribution is 0.204. The van der Waals surface area contributed by atoms with Gasteiger partial charge < -0.3 is 14.8 Å². The molecule has 1 aromatic rings. The van der Waals surface area contributed by atoms with E-state index in [0.29, 0.717) is 24.0 Å². The van der Waals surface area contributed by atoms with Gasteiger partial charge in [0.1, 0.15) is 11.8 Å². The van der Waals surface area contributed by atoms with Crippen LogP contribution >= 0.6 is 12.2 Å². The number of hydrogen-bond acceptors (Lipinski definition) is 5. The van der Waals surface area contributed by atoms with Crippen molar-refractivity contribution in [1.29, 1.82) is 5.26 Å². The minimum absolute atomic E-state index is 0.0371. The van der Waals surface area contributed by atoms with Crippen LogP contribution in [0.25, 0.3) is 0 Å². The van der Waals surface area contributed by atoms with Crippen molar-refractivity contribution in [2.45, 2.75) is 6.92 Å². The SMILES string of the molecule is COCCNC(=S)N/N=C(/C)c1ccc(OCC#N)cc1. The Morgan fingerprint density at radius 2 is 2.10 bits per heavy atom. The Morgan fingerprint density at radius 1 is 1.38 bits per heavy atom. The molecular formula is C14H18N4O2S. The van der Waals surface area contributed by atoms with Gasteiger partial charge in [0.2, 0.25) is 0 Å². The molecule has 0 unspecified atom stereocenters. The number of methoxy groups -OCH3 is 1. The third-order valence-corrected chi connectivity index (χ3v) is 2.73. The van der Waals surface area contributed by atoms with E-state index < -0.39 is 0 Å². The molecule has 0 aliphatic heterocycles. The molecule has 7 heteroatoms. The first-order chi connectivity index (χ1) is 10.2. The number of nitriles is 1. The maximum atomic E-state index is 8.44. The number of hydrazone groups is 1. The molecule has 6 nitrogen and oxygen atoms in total. The van der Waals surface area contributed by atoms with Crippen LogP contribution < -0.4 is 15.5 Å². The van der Waals surface area contributed by atoms with Crippen molar-refractivity contribution in [3.63, 3.8) is 0 Å². The number of nitrogens with one attached hydrogen (secondary N) is 2. The van der Waals surface area contributed by atoms with E-state index in [2.05, 4.69) is 15.8 Å². The Kier molecular flexibility index (Phi) is 7.79. The number of benzene rings is 1. The zero-order valence-electron chi connectivity index (χ0n) is 12.0. The third kappa shape index (κ3) is 6.70.